The fourth-order valence-electron chi connectivity index (χ4n) is 2.55. The largest absolute Gasteiger partial charge is 0.481 e. The highest BCUT2D eigenvalue weighted by molar-refractivity contribution is 5.93. The Hall–Kier alpha value is -3.55. The normalized spacial score (nSPS) is 12.5. The molecular formula is C24H37N7O3. The Bertz CT molecular complexity index is 903. The summed E-state index contributed by atoms with van der Waals surface area (Å²) in [5, 5.41) is 12.0. The number of ether oxygens (including phenoxy) is 2. The van der Waals surface area contributed by atoms with Crippen molar-refractivity contribution in [2.24, 2.45) is 10.7 Å². The van der Waals surface area contributed by atoms with Gasteiger partial charge in [0.15, 0.2) is 5.96 Å². The first kappa shape index (κ1) is 28.5. The van der Waals surface area contributed by atoms with Gasteiger partial charge in [0.25, 0.3) is 0 Å². The number of hydrogen-bond acceptors (Lipinski definition) is 7. The van der Waals surface area contributed by atoms with Crippen LogP contribution in [0.25, 0.3) is 0 Å². The van der Waals surface area contributed by atoms with Gasteiger partial charge in [0.2, 0.25) is 11.8 Å². The number of rotatable bonds is 14. The van der Waals surface area contributed by atoms with Crippen LogP contribution in [-0.2, 0) is 9.53 Å². The number of guanidine groups is 1. The number of nitrogens with two attached hydrogens (primary N) is 1. The molecule has 0 aliphatic heterocycles. The van der Waals surface area contributed by atoms with E-state index in [1.807, 2.05) is 6.92 Å². The van der Waals surface area contributed by atoms with Crippen LogP contribution in [0.2, 0.25) is 0 Å². The molecule has 6 N–H and O–H groups in total. The van der Waals surface area contributed by atoms with Gasteiger partial charge in [0, 0.05) is 51.2 Å². The molecule has 1 aromatic rings. The van der Waals surface area contributed by atoms with Crippen LogP contribution in [0.15, 0.2) is 47.4 Å². The van der Waals surface area contributed by atoms with Gasteiger partial charge in [-0.1, -0.05) is 18.4 Å². The third kappa shape index (κ3) is 11.4. The van der Waals surface area contributed by atoms with Gasteiger partial charge in [-0.05, 0) is 39.0 Å². The van der Waals surface area contributed by atoms with E-state index in [1.54, 1.807) is 45.7 Å². The van der Waals surface area contributed by atoms with Crippen molar-refractivity contribution in [3.8, 4) is 17.7 Å². The van der Waals surface area contributed by atoms with Gasteiger partial charge in [-0.15, -0.1) is 0 Å². The van der Waals surface area contributed by atoms with Crippen molar-refractivity contribution in [2.45, 2.75) is 32.2 Å². The Labute approximate surface area is 202 Å². The number of aliphatic imine (C=N–C) groups is 1. The highest BCUT2D eigenvalue weighted by Crippen LogP contribution is 2.13. The quantitative estimate of drug-likeness (QED) is 0.0902. The molecule has 0 aliphatic carbocycles. The lowest BCUT2D eigenvalue weighted by Crippen LogP contribution is -2.40. The summed E-state index contributed by atoms with van der Waals surface area (Å²) in [4.78, 5) is 20.3. The summed E-state index contributed by atoms with van der Waals surface area (Å²) >= 11 is 0. The molecule has 0 fully saturated rings. The van der Waals surface area contributed by atoms with Crippen LogP contribution in [0.1, 0.15) is 26.2 Å². The molecule has 0 aromatic carbocycles. The highest BCUT2D eigenvalue weighted by Gasteiger charge is 2.08. The Morgan fingerprint density at radius 2 is 2.09 bits per heavy atom. The van der Waals surface area contributed by atoms with Gasteiger partial charge in [-0.2, -0.15) is 4.99 Å². The molecule has 34 heavy (non-hydrogen) atoms. The van der Waals surface area contributed by atoms with Gasteiger partial charge in [-0.25, -0.2) is 4.98 Å². The minimum Gasteiger partial charge on any atom is -0.481 e. The van der Waals surface area contributed by atoms with E-state index >= 15 is 0 Å². The molecule has 10 heteroatoms. The molecule has 0 unspecified atom stereocenters. The molecule has 1 amide bonds. The van der Waals surface area contributed by atoms with Crippen molar-refractivity contribution in [1.29, 1.82) is 0 Å². The third-order valence-electron chi connectivity index (χ3n) is 4.55. The standard InChI is InChI=1S/C24H37N7O3/c1-6-19(11-8-7-9-13-29-23(32)18(2)26-3)22(28-14-10-16-33-4)31-24(25)30-20-12-15-27-21(17-20)34-5/h6,12,15,17-18,26,28H,1,7,9-10,13-14,16H2,2-5H3,(H,29,32)(H3,25,27,30,31)/b22-19+/t18-/m0/s1. The van der Waals surface area contributed by atoms with Crippen LogP contribution in [-0.4, -0.2) is 63.9 Å². The number of nitrogens with zero attached hydrogens (tertiary/aromatic N) is 2. The smallest absolute Gasteiger partial charge is 0.236 e. The van der Waals surface area contributed by atoms with Crippen molar-refractivity contribution in [3.63, 3.8) is 0 Å². The van der Waals surface area contributed by atoms with E-state index in [4.69, 9.17) is 15.2 Å². The number of hydrogen-bond donors (Lipinski definition) is 5. The second kappa shape index (κ2) is 17.0. The minimum absolute atomic E-state index is 0.0335. The number of aromatic nitrogens is 1. The summed E-state index contributed by atoms with van der Waals surface area (Å²) in [6, 6.07) is 3.24. The number of carbonyl (C=O) groups excluding carboxylic acids is 1. The second-order valence-corrected chi connectivity index (χ2v) is 7.16. The lowest BCUT2D eigenvalue weighted by Gasteiger charge is -2.11. The predicted octanol–water partition coefficient (Wildman–Crippen LogP) is 1.35. The molecule has 0 saturated carbocycles. The number of likely N-dealkylation sites (N-methyl/N-ethyl adjacent to an activating group) is 1. The van der Waals surface area contributed by atoms with Gasteiger partial charge < -0.3 is 36.5 Å². The average Bonchev–Trinajstić information content (AvgIpc) is 2.85. The Kier molecular flexibility index (Phi) is 14.2. The van der Waals surface area contributed by atoms with E-state index in [2.05, 4.69) is 49.7 Å². The molecule has 10 nitrogen and oxygen atoms in total. The molecule has 0 aliphatic rings. The molecule has 0 saturated heterocycles. The summed E-state index contributed by atoms with van der Waals surface area (Å²) < 4.78 is 10.2. The highest BCUT2D eigenvalue weighted by atomic mass is 16.5. The summed E-state index contributed by atoms with van der Waals surface area (Å²) in [5.41, 5.74) is 7.43. The molecule has 1 heterocycles. The van der Waals surface area contributed by atoms with E-state index in [-0.39, 0.29) is 17.9 Å². The summed E-state index contributed by atoms with van der Waals surface area (Å²) in [7, 11) is 4.95. The SMILES string of the molecule is C=C/C(C#CCCCNC(=O)[C@H](C)NC)=C(\N=C(N)Nc1ccnc(OC)c1)NCCCOC. The first-order valence-electron chi connectivity index (χ1n) is 11.1. The molecular weight excluding hydrogens is 434 g/mol. The molecule has 186 valence electrons. The molecule has 1 atom stereocenters. The Morgan fingerprint density at radius 1 is 1.32 bits per heavy atom. The summed E-state index contributed by atoms with van der Waals surface area (Å²) in [6.07, 6.45) is 5.36. The number of methoxy groups -OCH3 is 2. The van der Waals surface area contributed by atoms with Crippen molar-refractivity contribution in [3.05, 3.63) is 42.4 Å². The second-order valence-electron chi connectivity index (χ2n) is 7.16. The molecule has 1 aromatic heterocycles. The van der Waals surface area contributed by atoms with E-state index < -0.39 is 0 Å². The third-order valence-corrected chi connectivity index (χ3v) is 4.55. The summed E-state index contributed by atoms with van der Waals surface area (Å²) in [6.45, 7) is 7.46. The molecule has 1 rings (SSSR count). The van der Waals surface area contributed by atoms with Crippen molar-refractivity contribution >= 4 is 17.6 Å². The van der Waals surface area contributed by atoms with Crippen LogP contribution in [0, 0.1) is 11.8 Å². The number of nitrogens with one attached hydrogen (secondary N) is 4. The maximum Gasteiger partial charge on any atom is 0.236 e. The fourth-order valence-corrected chi connectivity index (χ4v) is 2.55. The number of carbonyl (C=O) groups is 1. The van der Waals surface area contributed by atoms with Crippen LogP contribution < -0.4 is 31.7 Å². The van der Waals surface area contributed by atoms with Crippen molar-refractivity contribution < 1.29 is 14.3 Å². The van der Waals surface area contributed by atoms with Crippen LogP contribution in [0.5, 0.6) is 5.88 Å². The average molecular weight is 472 g/mol. The first-order chi connectivity index (χ1) is 16.4. The lowest BCUT2D eigenvalue weighted by molar-refractivity contribution is -0.122. The topological polar surface area (TPSA) is 135 Å². The number of amides is 1. The maximum atomic E-state index is 11.8. The maximum absolute atomic E-state index is 11.8. The number of anilines is 1. The van der Waals surface area contributed by atoms with Gasteiger partial charge in [0.1, 0.15) is 5.82 Å². The van der Waals surface area contributed by atoms with Gasteiger partial charge in [-0.3, -0.25) is 4.79 Å². The number of pyridine rings is 1. The van der Waals surface area contributed by atoms with Crippen LogP contribution >= 0.6 is 0 Å². The number of unbranched alkanes of at least 4 members (excludes halogenated alkanes) is 1. The zero-order valence-corrected chi connectivity index (χ0v) is 20.5. The predicted molar refractivity (Wildman–Crippen MR) is 136 cm³/mol. The Balaban J connectivity index is 2.89. The monoisotopic (exact) mass is 471 g/mol. The Morgan fingerprint density at radius 3 is 2.76 bits per heavy atom. The first-order valence-corrected chi connectivity index (χ1v) is 11.1. The molecule has 0 radical (unpaired) electrons. The van der Waals surface area contributed by atoms with E-state index in [0.29, 0.717) is 49.1 Å². The summed E-state index contributed by atoms with van der Waals surface area (Å²) in [5.74, 6) is 7.30. The van der Waals surface area contributed by atoms with Crippen LogP contribution in [0.4, 0.5) is 5.69 Å². The lowest BCUT2D eigenvalue weighted by atomic mass is 10.2. The van der Waals surface area contributed by atoms with E-state index in [1.165, 1.54) is 0 Å². The van der Waals surface area contributed by atoms with Crippen molar-refractivity contribution in [1.82, 2.24) is 20.9 Å². The van der Waals surface area contributed by atoms with Crippen LogP contribution in [0.3, 0.4) is 0 Å². The van der Waals surface area contributed by atoms with Gasteiger partial charge in [0.05, 0.1) is 18.7 Å². The zero-order chi connectivity index (χ0) is 25.2. The zero-order valence-electron chi connectivity index (χ0n) is 20.5. The minimum atomic E-state index is -0.224. The fraction of sp³-hybridized carbons (Fsp3) is 0.458. The molecule has 0 spiro atoms. The van der Waals surface area contributed by atoms with Crippen molar-refractivity contribution in [2.75, 3.05) is 46.3 Å². The van der Waals surface area contributed by atoms with Gasteiger partial charge >= 0.3 is 0 Å². The van der Waals surface area contributed by atoms with E-state index in [0.717, 1.165) is 12.8 Å². The number of allylic oxidation sites excluding steroid dienone is 2. The molecule has 0 bridgehead atoms. The van der Waals surface area contributed by atoms with E-state index in [9.17, 15) is 4.79 Å².